The van der Waals surface area contributed by atoms with Crippen molar-refractivity contribution in [2.45, 2.75) is 25.7 Å². The quantitative estimate of drug-likeness (QED) is 0.720. The van der Waals surface area contributed by atoms with E-state index < -0.39 is 9.84 Å². The van der Waals surface area contributed by atoms with Gasteiger partial charge < -0.3 is 5.11 Å². The van der Waals surface area contributed by atoms with Crippen molar-refractivity contribution >= 4 is 9.84 Å². The van der Waals surface area contributed by atoms with Crippen LogP contribution in [0.5, 0.6) is 0 Å². The molecule has 0 spiro atoms. The zero-order chi connectivity index (χ0) is 10.4. The number of sulfone groups is 1. The Morgan fingerprint density at radius 2 is 2.14 bits per heavy atom. The van der Waals surface area contributed by atoms with Crippen molar-refractivity contribution in [3.05, 3.63) is 12.2 Å². The van der Waals surface area contributed by atoms with Crippen molar-refractivity contribution in [2.24, 2.45) is 5.92 Å². The van der Waals surface area contributed by atoms with E-state index in [-0.39, 0.29) is 6.61 Å². The number of aliphatic hydroxyl groups is 1. The van der Waals surface area contributed by atoms with E-state index in [4.69, 9.17) is 5.11 Å². The second-order valence-electron chi connectivity index (χ2n) is 3.84. The molecule has 14 heavy (non-hydrogen) atoms. The van der Waals surface area contributed by atoms with E-state index in [9.17, 15) is 8.42 Å². The van der Waals surface area contributed by atoms with Crippen LogP contribution in [0.15, 0.2) is 12.2 Å². The highest BCUT2D eigenvalue weighted by molar-refractivity contribution is 7.91. The summed E-state index contributed by atoms with van der Waals surface area (Å²) in [5.41, 5.74) is 0. The molecule has 0 saturated carbocycles. The molecule has 1 N–H and O–H groups in total. The van der Waals surface area contributed by atoms with E-state index in [1.165, 1.54) is 0 Å². The third-order valence-electron chi connectivity index (χ3n) is 2.49. The molecule has 1 aliphatic rings. The molecule has 3 nitrogen and oxygen atoms in total. The van der Waals surface area contributed by atoms with Crippen molar-refractivity contribution in [2.75, 3.05) is 18.1 Å². The van der Waals surface area contributed by atoms with Crippen LogP contribution in [-0.2, 0) is 9.84 Å². The Bertz CT molecular complexity index is 280. The molecular weight excluding hydrogens is 200 g/mol. The smallest absolute Gasteiger partial charge is 0.150 e. The SMILES string of the molecule is O=S1(=O)CCCC(C/C=C\CCO)C1. The third-order valence-corrected chi connectivity index (χ3v) is 4.38. The molecule has 4 heteroatoms. The number of allylic oxidation sites excluding steroid dienone is 1. The molecule has 82 valence electrons. The van der Waals surface area contributed by atoms with Gasteiger partial charge in [0.15, 0.2) is 9.84 Å². The molecule has 1 saturated heterocycles. The topological polar surface area (TPSA) is 54.4 Å². The zero-order valence-electron chi connectivity index (χ0n) is 8.35. The minimum Gasteiger partial charge on any atom is -0.396 e. The predicted octanol–water partition coefficient (Wildman–Crippen LogP) is 1.14. The van der Waals surface area contributed by atoms with E-state index >= 15 is 0 Å². The van der Waals surface area contributed by atoms with Gasteiger partial charge >= 0.3 is 0 Å². The molecule has 1 rings (SSSR count). The minimum atomic E-state index is -2.76. The monoisotopic (exact) mass is 218 g/mol. The highest BCUT2D eigenvalue weighted by Gasteiger charge is 2.23. The maximum Gasteiger partial charge on any atom is 0.150 e. The van der Waals surface area contributed by atoms with Gasteiger partial charge in [0.05, 0.1) is 11.5 Å². The zero-order valence-corrected chi connectivity index (χ0v) is 9.17. The maximum atomic E-state index is 11.3. The van der Waals surface area contributed by atoms with Gasteiger partial charge in [0, 0.05) is 6.61 Å². The normalized spacial score (nSPS) is 26.8. The standard InChI is InChI=1S/C10H18O3S/c11-7-3-1-2-5-10-6-4-8-14(12,13)9-10/h1-2,10-11H,3-9H2/b2-1-. The van der Waals surface area contributed by atoms with E-state index in [2.05, 4.69) is 0 Å². The number of rotatable bonds is 4. The van der Waals surface area contributed by atoms with Crippen LogP contribution in [0.25, 0.3) is 0 Å². The van der Waals surface area contributed by atoms with Crippen molar-refractivity contribution in [1.29, 1.82) is 0 Å². The molecule has 1 fully saturated rings. The van der Waals surface area contributed by atoms with Gasteiger partial charge in [0.1, 0.15) is 0 Å². The molecule has 0 bridgehead atoms. The molecule has 1 atom stereocenters. The summed E-state index contributed by atoms with van der Waals surface area (Å²) < 4.78 is 22.6. The van der Waals surface area contributed by atoms with Crippen molar-refractivity contribution < 1.29 is 13.5 Å². The predicted molar refractivity (Wildman–Crippen MR) is 56.8 cm³/mol. The van der Waals surface area contributed by atoms with Gasteiger partial charge in [-0.15, -0.1) is 0 Å². The number of hydrogen-bond acceptors (Lipinski definition) is 3. The summed E-state index contributed by atoms with van der Waals surface area (Å²) in [4.78, 5) is 0. The highest BCUT2D eigenvalue weighted by atomic mass is 32.2. The highest BCUT2D eigenvalue weighted by Crippen LogP contribution is 2.21. The van der Waals surface area contributed by atoms with Crippen molar-refractivity contribution in [3.63, 3.8) is 0 Å². The summed E-state index contributed by atoms with van der Waals surface area (Å²) in [7, 11) is -2.76. The van der Waals surface area contributed by atoms with Crippen LogP contribution in [0.4, 0.5) is 0 Å². The Kier molecular flexibility index (Phi) is 4.62. The van der Waals surface area contributed by atoms with E-state index in [0.717, 1.165) is 19.3 Å². The van der Waals surface area contributed by atoms with Gasteiger partial charge in [-0.1, -0.05) is 12.2 Å². The first-order valence-electron chi connectivity index (χ1n) is 5.10. The molecule has 1 heterocycles. The summed E-state index contributed by atoms with van der Waals surface area (Å²) in [6.45, 7) is 0.166. The summed E-state index contributed by atoms with van der Waals surface area (Å²) in [6, 6.07) is 0. The first kappa shape index (κ1) is 11.7. The van der Waals surface area contributed by atoms with E-state index in [1.54, 1.807) is 0 Å². The van der Waals surface area contributed by atoms with Gasteiger partial charge in [-0.05, 0) is 31.6 Å². The average Bonchev–Trinajstić information content (AvgIpc) is 2.11. The Morgan fingerprint density at radius 3 is 2.79 bits per heavy atom. The molecule has 0 radical (unpaired) electrons. The Morgan fingerprint density at radius 1 is 1.36 bits per heavy atom. The van der Waals surface area contributed by atoms with Gasteiger partial charge in [-0.2, -0.15) is 0 Å². The van der Waals surface area contributed by atoms with Crippen LogP contribution in [0.1, 0.15) is 25.7 Å². The minimum absolute atomic E-state index is 0.166. The van der Waals surface area contributed by atoms with E-state index in [1.807, 2.05) is 12.2 Å². The summed E-state index contributed by atoms with van der Waals surface area (Å²) in [6.07, 6.45) is 7.23. The molecule has 0 aromatic heterocycles. The van der Waals surface area contributed by atoms with Crippen LogP contribution in [0, 0.1) is 5.92 Å². The van der Waals surface area contributed by atoms with E-state index in [0.29, 0.717) is 23.8 Å². The van der Waals surface area contributed by atoms with Crippen LogP contribution in [0.3, 0.4) is 0 Å². The van der Waals surface area contributed by atoms with Gasteiger partial charge in [0.25, 0.3) is 0 Å². The molecule has 0 aromatic carbocycles. The molecule has 0 amide bonds. The lowest BCUT2D eigenvalue weighted by Crippen LogP contribution is -2.24. The summed E-state index contributed by atoms with van der Waals surface area (Å²) in [5, 5.41) is 8.54. The lowest BCUT2D eigenvalue weighted by Gasteiger charge is -2.20. The fourth-order valence-electron chi connectivity index (χ4n) is 1.78. The van der Waals surface area contributed by atoms with Crippen LogP contribution in [0.2, 0.25) is 0 Å². The number of aliphatic hydroxyl groups excluding tert-OH is 1. The molecule has 1 aliphatic heterocycles. The summed E-state index contributed by atoms with van der Waals surface area (Å²) in [5.74, 6) is 1.00. The first-order valence-corrected chi connectivity index (χ1v) is 6.92. The molecule has 0 aliphatic carbocycles. The first-order chi connectivity index (χ1) is 6.64. The van der Waals surface area contributed by atoms with Gasteiger partial charge in [-0.25, -0.2) is 8.42 Å². The average molecular weight is 218 g/mol. The largest absolute Gasteiger partial charge is 0.396 e. The molecular formula is C10H18O3S. The molecule has 0 aromatic rings. The summed E-state index contributed by atoms with van der Waals surface area (Å²) >= 11 is 0. The third kappa shape index (κ3) is 4.24. The Labute approximate surface area is 85.7 Å². The van der Waals surface area contributed by atoms with Crippen molar-refractivity contribution in [1.82, 2.24) is 0 Å². The second kappa shape index (κ2) is 5.51. The van der Waals surface area contributed by atoms with Gasteiger partial charge in [-0.3, -0.25) is 0 Å². The van der Waals surface area contributed by atoms with Crippen LogP contribution >= 0.6 is 0 Å². The maximum absolute atomic E-state index is 11.3. The lowest BCUT2D eigenvalue weighted by molar-refractivity contribution is 0.302. The number of hydrogen-bond donors (Lipinski definition) is 1. The van der Waals surface area contributed by atoms with Crippen molar-refractivity contribution in [3.8, 4) is 0 Å². The molecule has 1 unspecified atom stereocenters. The fraction of sp³-hybridized carbons (Fsp3) is 0.800. The van der Waals surface area contributed by atoms with Crippen LogP contribution < -0.4 is 0 Å². The van der Waals surface area contributed by atoms with Crippen LogP contribution in [-0.4, -0.2) is 31.6 Å². The second-order valence-corrected chi connectivity index (χ2v) is 6.07. The van der Waals surface area contributed by atoms with Gasteiger partial charge in [0.2, 0.25) is 0 Å². The Hall–Kier alpha value is -0.350. The fourth-order valence-corrected chi connectivity index (χ4v) is 3.58. The lowest BCUT2D eigenvalue weighted by atomic mass is 10.0. The Balaban J connectivity index is 2.31.